The maximum absolute atomic E-state index is 12.4. The molecule has 5 unspecified atom stereocenters. The van der Waals surface area contributed by atoms with Gasteiger partial charge in [0.25, 0.3) is 0 Å². The fraction of sp³-hybridized carbons (Fsp3) is 0.722. The van der Waals surface area contributed by atoms with Crippen molar-refractivity contribution in [1.82, 2.24) is 16.0 Å². The Labute approximate surface area is 175 Å². The standard InChI is InChI=1S/C18H33N5O7/c1-8(2)7-11(19)16(27)21-9(3)15(26)22-12(5-6-13(20)25)17(28)23-14(10(4)24)18(29)30/h8-12,14,24H,5-7,19H2,1-4H3,(H2,20,25)(H,21,27)(H,22,26)(H,23,28)(H,29,30). The van der Waals surface area contributed by atoms with Crippen molar-refractivity contribution in [3.05, 3.63) is 0 Å². The number of nitrogens with two attached hydrogens (primary N) is 2. The number of hydrogen-bond acceptors (Lipinski definition) is 7. The van der Waals surface area contributed by atoms with Crippen molar-refractivity contribution < 1.29 is 34.2 Å². The van der Waals surface area contributed by atoms with Crippen molar-refractivity contribution in [2.24, 2.45) is 17.4 Å². The summed E-state index contributed by atoms with van der Waals surface area (Å²) in [6.45, 7) is 6.34. The number of rotatable bonds is 13. The summed E-state index contributed by atoms with van der Waals surface area (Å²) in [7, 11) is 0. The summed E-state index contributed by atoms with van der Waals surface area (Å²) in [5, 5.41) is 25.5. The van der Waals surface area contributed by atoms with E-state index in [0.717, 1.165) is 0 Å². The SMILES string of the molecule is CC(C)CC(N)C(=O)NC(C)C(=O)NC(CCC(N)=O)C(=O)NC(C(=O)O)C(C)O. The van der Waals surface area contributed by atoms with Gasteiger partial charge in [-0.05, 0) is 32.6 Å². The molecule has 0 heterocycles. The minimum Gasteiger partial charge on any atom is -0.480 e. The van der Waals surface area contributed by atoms with Gasteiger partial charge < -0.3 is 37.6 Å². The molecule has 0 saturated heterocycles. The van der Waals surface area contributed by atoms with E-state index in [9.17, 15) is 29.1 Å². The number of aliphatic hydroxyl groups is 1. The Balaban J connectivity index is 5.15. The van der Waals surface area contributed by atoms with E-state index in [2.05, 4.69) is 16.0 Å². The first-order valence-electron chi connectivity index (χ1n) is 9.62. The zero-order valence-electron chi connectivity index (χ0n) is 17.7. The van der Waals surface area contributed by atoms with Gasteiger partial charge >= 0.3 is 5.97 Å². The predicted octanol–water partition coefficient (Wildman–Crippen LogP) is -2.43. The van der Waals surface area contributed by atoms with Crippen molar-refractivity contribution >= 4 is 29.6 Å². The van der Waals surface area contributed by atoms with E-state index in [0.29, 0.717) is 6.42 Å². The van der Waals surface area contributed by atoms with Crippen molar-refractivity contribution in [2.45, 2.75) is 77.2 Å². The highest BCUT2D eigenvalue weighted by atomic mass is 16.4. The summed E-state index contributed by atoms with van der Waals surface area (Å²) in [4.78, 5) is 59.1. The number of carbonyl (C=O) groups excluding carboxylic acids is 4. The van der Waals surface area contributed by atoms with Crippen LogP contribution in [0.1, 0.15) is 47.0 Å². The van der Waals surface area contributed by atoms with Crippen molar-refractivity contribution in [3.8, 4) is 0 Å². The Kier molecular flexibility index (Phi) is 11.6. The van der Waals surface area contributed by atoms with Crippen molar-refractivity contribution in [3.63, 3.8) is 0 Å². The largest absolute Gasteiger partial charge is 0.480 e. The van der Waals surface area contributed by atoms with Crippen LogP contribution in [0, 0.1) is 5.92 Å². The Morgan fingerprint density at radius 3 is 1.90 bits per heavy atom. The number of hydrogen-bond donors (Lipinski definition) is 7. The summed E-state index contributed by atoms with van der Waals surface area (Å²) in [5.74, 6) is -4.23. The average Bonchev–Trinajstić information content (AvgIpc) is 2.60. The summed E-state index contributed by atoms with van der Waals surface area (Å²) in [6.07, 6.45) is -1.45. The second kappa shape index (κ2) is 12.8. The van der Waals surface area contributed by atoms with E-state index in [-0.39, 0.29) is 18.8 Å². The normalized spacial score (nSPS) is 16.0. The van der Waals surface area contributed by atoms with E-state index in [4.69, 9.17) is 16.6 Å². The lowest BCUT2D eigenvalue weighted by Gasteiger charge is -2.24. The van der Waals surface area contributed by atoms with E-state index >= 15 is 0 Å². The van der Waals surface area contributed by atoms with Crippen molar-refractivity contribution in [1.29, 1.82) is 0 Å². The van der Waals surface area contributed by atoms with Gasteiger partial charge in [-0.15, -0.1) is 0 Å². The summed E-state index contributed by atoms with van der Waals surface area (Å²) < 4.78 is 0. The number of carbonyl (C=O) groups is 5. The Morgan fingerprint density at radius 1 is 0.900 bits per heavy atom. The molecule has 0 aromatic heterocycles. The molecule has 5 atom stereocenters. The van der Waals surface area contributed by atoms with Crippen molar-refractivity contribution in [2.75, 3.05) is 0 Å². The molecular weight excluding hydrogens is 398 g/mol. The molecule has 0 aliphatic rings. The van der Waals surface area contributed by atoms with Crippen LogP contribution < -0.4 is 27.4 Å². The topological polar surface area (TPSA) is 214 Å². The Bertz CT molecular complexity index is 638. The number of carboxylic acids is 1. The van der Waals surface area contributed by atoms with Gasteiger partial charge in [0, 0.05) is 6.42 Å². The molecule has 12 heteroatoms. The summed E-state index contributed by atoms with van der Waals surface area (Å²) in [5.41, 5.74) is 10.8. The molecular formula is C18H33N5O7. The van der Waals surface area contributed by atoms with Crippen LogP contribution in [0.25, 0.3) is 0 Å². The summed E-state index contributed by atoms with van der Waals surface area (Å²) in [6, 6.07) is -4.78. The molecule has 0 aliphatic heterocycles. The minimum absolute atomic E-state index is 0.174. The molecule has 30 heavy (non-hydrogen) atoms. The summed E-state index contributed by atoms with van der Waals surface area (Å²) >= 11 is 0. The molecule has 0 spiro atoms. The Morgan fingerprint density at radius 2 is 1.47 bits per heavy atom. The van der Waals surface area contributed by atoms with Gasteiger partial charge in [0.1, 0.15) is 12.1 Å². The first-order chi connectivity index (χ1) is 13.8. The average molecular weight is 431 g/mol. The quantitative estimate of drug-likeness (QED) is 0.166. The maximum atomic E-state index is 12.4. The van der Waals surface area contributed by atoms with Gasteiger partial charge in [-0.25, -0.2) is 4.79 Å². The molecule has 0 aliphatic carbocycles. The number of amides is 4. The number of aliphatic hydroxyl groups excluding tert-OH is 1. The van der Waals surface area contributed by atoms with E-state index in [1.807, 2.05) is 13.8 Å². The van der Waals surface area contributed by atoms with Crippen LogP contribution in [0.5, 0.6) is 0 Å². The molecule has 0 fully saturated rings. The zero-order valence-corrected chi connectivity index (χ0v) is 17.7. The number of nitrogens with one attached hydrogen (secondary N) is 3. The molecule has 0 bridgehead atoms. The fourth-order valence-electron chi connectivity index (χ4n) is 2.50. The van der Waals surface area contributed by atoms with Gasteiger partial charge in [0.2, 0.25) is 23.6 Å². The lowest BCUT2D eigenvalue weighted by atomic mass is 10.0. The molecule has 12 nitrogen and oxygen atoms in total. The third-order valence-corrected chi connectivity index (χ3v) is 4.17. The van der Waals surface area contributed by atoms with Gasteiger partial charge in [-0.1, -0.05) is 13.8 Å². The third-order valence-electron chi connectivity index (χ3n) is 4.17. The second-order valence-electron chi connectivity index (χ2n) is 7.60. The smallest absolute Gasteiger partial charge is 0.328 e. The highest BCUT2D eigenvalue weighted by Gasteiger charge is 2.31. The number of primary amides is 1. The molecule has 0 radical (unpaired) electrons. The van der Waals surface area contributed by atoms with Crippen LogP contribution >= 0.6 is 0 Å². The van der Waals surface area contributed by atoms with Crippen LogP contribution in [-0.2, 0) is 24.0 Å². The second-order valence-corrected chi connectivity index (χ2v) is 7.60. The molecule has 0 saturated carbocycles. The highest BCUT2D eigenvalue weighted by Crippen LogP contribution is 2.04. The lowest BCUT2D eigenvalue weighted by molar-refractivity contribution is -0.145. The van der Waals surface area contributed by atoms with Gasteiger partial charge in [0.15, 0.2) is 6.04 Å². The molecule has 0 rings (SSSR count). The molecule has 4 amide bonds. The number of aliphatic carboxylic acids is 1. The maximum Gasteiger partial charge on any atom is 0.328 e. The molecule has 172 valence electrons. The fourth-order valence-corrected chi connectivity index (χ4v) is 2.50. The van der Waals surface area contributed by atoms with E-state index < -0.39 is 59.9 Å². The van der Waals surface area contributed by atoms with Gasteiger partial charge in [-0.2, -0.15) is 0 Å². The van der Waals surface area contributed by atoms with Crippen LogP contribution in [0.4, 0.5) is 0 Å². The first-order valence-corrected chi connectivity index (χ1v) is 9.62. The van der Waals surface area contributed by atoms with E-state index in [1.54, 1.807) is 0 Å². The monoisotopic (exact) mass is 431 g/mol. The minimum atomic E-state index is -1.61. The van der Waals surface area contributed by atoms with Crippen LogP contribution in [0.3, 0.4) is 0 Å². The Hall–Kier alpha value is -2.73. The molecule has 0 aromatic carbocycles. The first kappa shape index (κ1) is 27.3. The lowest BCUT2D eigenvalue weighted by Crippen LogP contribution is -2.57. The van der Waals surface area contributed by atoms with Crippen LogP contribution in [-0.4, -0.2) is 70.1 Å². The number of carboxylic acid groups (broad SMARTS) is 1. The van der Waals surface area contributed by atoms with E-state index in [1.165, 1.54) is 13.8 Å². The van der Waals surface area contributed by atoms with Gasteiger partial charge in [0.05, 0.1) is 12.1 Å². The van der Waals surface area contributed by atoms with Gasteiger partial charge in [-0.3, -0.25) is 19.2 Å². The zero-order chi connectivity index (χ0) is 23.6. The predicted molar refractivity (Wildman–Crippen MR) is 107 cm³/mol. The van der Waals surface area contributed by atoms with Crippen LogP contribution in [0.15, 0.2) is 0 Å². The molecule has 9 N–H and O–H groups in total. The third kappa shape index (κ3) is 10.2. The van der Waals surface area contributed by atoms with Crippen LogP contribution in [0.2, 0.25) is 0 Å². The highest BCUT2D eigenvalue weighted by molar-refractivity contribution is 5.94. The molecule has 0 aromatic rings.